The van der Waals surface area contributed by atoms with Crippen LogP contribution in [0.25, 0.3) is 16.7 Å². The predicted octanol–water partition coefficient (Wildman–Crippen LogP) is 5.96. The van der Waals surface area contributed by atoms with Gasteiger partial charge in [0, 0.05) is 31.0 Å². The number of nitrogens with zero attached hydrogens (tertiary/aromatic N) is 3. The number of pyridine rings is 2. The summed E-state index contributed by atoms with van der Waals surface area (Å²) in [6, 6.07) is 6.83. The van der Waals surface area contributed by atoms with Crippen LogP contribution in [0.4, 0.5) is 14.6 Å². The molecule has 3 heterocycles. The Balaban J connectivity index is 1.34. The molecule has 5 fully saturated rings. The topological polar surface area (TPSA) is 55.2 Å². The average molecular weight is 522 g/mol. The number of hydrogen-bond donors (Lipinski definition) is 0. The molecule has 0 radical (unpaired) electrons. The van der Waals surface area contributed by atoms with Gasteiger partial charge >= 0.3 is 0 Å². The summed E-state index contributed by atoms with van der Waals surface area (Å²) in [6.45, 7) is 0.833. The zero-order valence-corrected chi connectivity index (χ0v) is 21.4. The van der Waals surface area contributed by atoms with Crippen LogP contribution in [0.2, 0.25) is 0 Å². The van der Waals surface area contributed by atoms with Crippen molar-refractivity contribution in [2.45, 2.75) is 44.9 Å². The first-order valence-corrected chi connectivity index (χ1v) is 14.4. The number of carbonyl (C=O) groups excluding carboxylic acids is 1. The molecular formula is C29H29F2N3O2S. The van der Waals surface area contributed by atoms with E-state index in [1.165, 1.54) is 42.2 Å². The van der Waals surface area contributed by atoms with Crippen molar-refractivity contribution >= 4 is 34.4 Å². The van der Waals surface area contributed by atoms with Crippen LogP contribution < -0.4 is 10.3 Å². The Morgan fingerprint density at radius 2 is 1.78 bits per heavy atom. The standard InChI is InChI=1S/C29H29F2N3O2S/c30-20-1-3-24(23(31)10-20)34-15-22(25(35)14-29-11-17-7-18(12-29)9-19(8-17)13-29)27(36)21-2-4-26(32-28(21)34)33-5-6-37-16-33/h1-4,10,15,17-19H,5-9,11-14,16H2. The van der Waals surface area contributed by atoms with E-state index >= 15 is 4.39 Å². The van der Waals surface area contributed by atoms with Gasteiger partial charge in [0.05, 0.1) is 22.5 Å². The van der Waals surface area contributed by atoms with Gasteiger partial charge in [-0.2, -0.15) is 0 Å². The molecule has 2 aromatic heterocycles. The molecule has 0 spiro atoms. The minimum Gasteiger partial charge on any atom is -0.346 e. The molecule has 1 saturated heterocycles. The molecule has 4 bridgehead atoms. The van der Waals surface area contributed by atoms with Gasteiger partial charge in [0.15, 0.2) is 11.4 Å². The predicted molar refractivity (Wildman–Crippen MR) is 141 cm³/mol. The van der Waals surface area contributed by atoms with Crippen LogP contribution in [-0.2, 0) is 0 Å². The fourth-order valence-electron chi connectivity index (χ4n) is 7.97. The van der Waals surface area contributed by atoms with Crippen molar-refractivity contribution in [1.29, 1.82) is 0 Å². The number of rotatable bonds is 5. The first kappa shape index (κ1) is 23.4. The largest absolute Gasteiger partial charge is 0.346 e. The Morgan fingerprint density at radius 3 is 2.43 bits per heavy atom. The zero-order valence-electron chi connectivity index (χ0n) is 20.6. The summed E-state index contributed by atoms with van der Waals surface area (Å²) in [5.41, 5.74) is 0.0258. The number of carbonyl (C=O) groups is 1. The molecule has 0 N–H and O–H groups in total. The Hall–Kier alpha value is -2.74. The van der Waals surface area contributed by atoms with Gasteiger partial charge in [-0.15, -0.1) is 11.8 Å². The number of anilines is 1. The maximum absolute atomic E-state index is 15.0. The van der Waals surface area contributed by atoms with E-state index in [1.54, 1.807) is 23.9 Å². The number of thioether (sulfide) groups is 1. The highest BCUT2D eigenvalue weighted by molar-refractivity contribution is 7.99. The quantitative estimate of drug-likeness (QED) is 0.388. The van der Waals surface area contributed by atoms with Crippen molar-refractivity contribution in [2.24, 2.45) is 23.2 Å². The molecule has 0 amide bonds. The lowest BCUT2D eigenvalue weighted by Gasteiger charge is -2.56. The highest BCUT2D eigenvalue weighted by atomic mass is 32.2. The molecule has 5 aliphatic rings. The summed E-state index contributed by atoms with van der Waals surface area (Å²) >= 11 is 1.79. The summed E-state index contributed by atoms with van der Waals surface area (Å²) in [7, 11) is 0. The minimum absolute atomic E-state index is 0.0191. The van der Waals surface area contributed by atoms with Crippen molar-refractivity contribution < 1.29 is 13.6 Å². The Labute approximate surface area is 218 Å². The number of hydrogen-bond acceptors (Lipinski definition) is 5. The number of Topliss-reactive ketones (excluding diaryl/α,β-unsaturated/α-hetero) is 1. The molecule has 4 saturated carbocycles. The molecule has 8 heteroatoms. The van der Waals surface area contributed by atoms with Crippen LogP contribution in [0.15, 0.2) is 41.3 Å². The highest BCUT2D eigenvalue weighted by Gasteiger charge is 2.51. The lowest BCUT2D eigenvalue weighted by atomic mass is 9.48. The van der Waals surface area contributed by atoms with E-state index in [1.807, 2.05) is 0 Å². The fourth-order valence-corrected chi connectivity index (χ4v) is 8.93. The maximum atomic E-state index is 15.0. The molecule has 0 unspecified atom stereocenters. The number of benzene rings is 1. The van der Waals surface area contributed by atoms with Crippen LogP contribution in [0.1, 0.15) is 55.3 Å². The Morgan fingerprint density at radius 1 is 1.05 bits per heavy atom. The summed E-state index contributed by atoms with van der Waals surface area (Å²) < 4.78 is 30.2. The van der Waals surface area contributed by atoms with Crippen LogP contribution in [-0.4, -0.2) is 33.5 Å². The van der Waals surface area contributed by atoms with E-state index in [0.29, 0.717) is 30.0 Å². The van der Waals surface area contributed by atoms with Gasteiger partial charge in [-0.05, 0) is 86.0 Å². The molecule has 192 valence electrons. The van der Waals surface area contributed by atoms with Crippen LogP contribution in [0.5, 0.6) is 0 Å². The van der Waals surface area contributed by atoms with E-state index in [-0.39, 0.29) is 38.9 Å². The molecule has 8 rings (SSSR count). The van der Waals surface area contributed by atoms with Crippen LogP contribution in [0.3, 0.4) is 0 Å². The smallest absolute Gasteiger partial charge is 0.201 e. The van der Waals surface area contributed by atoms with Gasteiger partial charge in [0.2, 0.25) is 5.43 Å². The van der Waals surface area contributed by atoms with E-state index in [0.717, 1.165) is 43.5 Å². The van der Waals surface area contributed by atoms with Crippen molar-refractivity contribution in [3.05, 3.63) is 63.9 Å². The summed E-state index contributed by atoms with van der Waals surface area (Å²) in [5.74, 6) is 2.93. The fraction of sp³-hybridized carbons (Fsp3) is 0.483. The second-order valence-corrected chi connectivity index (χ2v) is 12.8. The van der Waals surface area contributed by atoms with E-state index in [4.69, 9.17) is 4.98 Å². The summed E-state index contributed by atoms with van der Waals surface area (Å²) in [4.78, 5) is 34.3. The zero-order chi connectivity index (χ0) is 25.3. The molecule has 1 aromatic carbocycles. The third kappa shape index (κ3) is 3.99. The van der Waals surface area contributed by atoms with Gasteiger partial charge < -0.3 is 4.90 Å². The van der Waals surface area contributed by atoms with Crippen molar-refractivity contribution in [3.63, 3.8) is 0 Å². The summed E-state index contributed by atoms with van der Waals surface area (Å²) in [5, 5.41) is 0.274. The summed E-state index contributed by atoms with van der Waals surface area (Å²) in [6.07, 6.45) is 8.85. The Kier molecular flexibility index (Phi) is 5.47. The van der Waals surface area contributed by atoms with Gasteiger partial charge in [-0.25, -0.2) is 13.8 Å². The molecule has 0 atom stereocenters. The molecule has 1 aliphatic heterocycles. The molecule has 37 heavy (non-hydrogen) atoms. The molecule has 5 nitrogen and oxygen atoms in total. The first-order chi connectivity index (χ1) is 17.9. The van der Waals surface area contributed by atoms with Gasteiger partial charge in [0.25, 0.3) is 0 Å². The van der Waals surface area contributed by atoms with Crippen LogP contribution in [0, 0.1) is 34.8 Å². The minimum atomic E-state index is -0.770. The number of ketones is 1. The second-order valence-electron chi connectivity index (χ2n) is 11.7. The SMILES string of the molecule is O=C(CC12CC3CC(CC(C3)C1)C2)c1cn(-c2ccc(F)cc2F)c2nc(N3CCSC3)ccc2c1=O. The lowest BCUT2D eigenvalue weighted by molar-refractivity contribution is -0.0524. The third-order valence-electron chi connectivity index (χ3n) is 9.08. The van der Waals surface area contributed by atoms with E-state index in [9.17, 15) is 14.0 Å². The van der Waals surface area contributed by atoms with Gasteiger partial charge in [0.1, 0.15) is 17.5 Å². The van der Waals surface area contributed by atoms with E-state index in [2.05, 4.69) is 4.90 Å². The monoisotopic (exact) mass is 521 g/mol. The molecular weight excluding hydrogens is 492 g/mol. The van der Waals surface area contributed by atoms with Crippen molar-refractivity contribution in [2.75, 3.05) is 23.1 Å². The first-order valence-electron chi connectivity index (χ1n) is 13.3. The number of aromatic nitrogens is 2. The normalized spacial score (nSPS) is 28.4. The Bertz CT molecular complexity index is 1440. The third-order valence-corrected chi connectivity index (χ3v) is 10.0. The lowest BCUT2D eigenvalue weighted by Crippen LogP contribution is -2.47. The van der Waals surface area contributed by atoms with Gasteiger partial charge in [-0.3, -0.25) is 14.2 Å². The van der Waals surface area contributed by atoms with Crippen LogP contribution >= 0.6 is 11.8 Å². The van der Waals surface area contributed by atoms with E-state index < -0.39 is 11.6 Å². The second kappa shape index (κ2) is 8.65. The van der Waals surface area contributed by atoms with Gasteiger partial charge in [-0.1, -0.05) is 0 Å². The maximum Gasteiger partial charge on any atom is 0.201 e. The number of fused-ring (bicyclic) bond motifs is 1. The molecule has 4 aliphatic carbocycles. The van der Waals surface area contributed by atoms with Crippen molar-refractivity contribution in [1.82, 2.24) is 9.55 Å². The average Bonchev–Trinajstić information content (AvgIpc) is 3.38. The molecule has 3 aromatic rings. The number of halogens is 2. The van der Waals surface area contributed by atoms with Crippen molar-refractivity contribution in [3.8, 4) is 5.69 Å². The highest BCUT2D eigenvalue weighted by Crippen LogP contribution is 2.61.